The average Bonchev–Trinajstić information content (AvgIpc) is 3.18. The standard InChI is InChI=1S/C32H46O3/c1-4-6-7-8-9-10-11-12-13-14-19-26(5-2)24-35-31(33)32(25-34-3)29-22-17-15-20-27(29)28-21-16-18-23-30(28)32/h15-18,20-23,26H,4-14,19,24-25H2,1-3H3. The predicted molar refractivity (Wildman–Crippen MR) is 146 cm³/mol. The molecule has 0 saturated carbocycles. The van der Waals surface area contributed by atoms with Crippen LogP contribution in [0.2, 0.25) is 0 Å². The van der Waals surface area contributed by atoms with Gasteiger partial charge < -0.3 is 9.47 Å². The number of hydrogen-bond donors (Lipinski definition) is 0. The fourth-order valence-electron chi connectivity index (χ4n) is 5.62. The average molecular weight is 479 g/mol. The third-order valence-corrected chi connectivity index (χ3v) is 7.77. The molecule has 0 aromatic heterocycles. The molecule has 0 bridgehead atoms. The van der Waals surface area contributed by atoms with Crippen LogP contribution in [0.4, 0.5) is 0 Å². The van der Waals surface area contributed by atoms with E-state index in [0.29, 0.717) is 12.5 Å². The second-order valence-electron chi connectivity index (χ2n) is 10.3. The monoisotopic (exact) mass is 478 g/mol. The highest BCUT2D eigenvalue weighted by Crippen LogP contribution is 2.49. The van der Waals surface area contributed by atoms with E-state index in [2.05, 4.69) is 38.1 Å². The van der Waals surface area contributed by atoms with Crippen LogP contribution < -0.4 is 0 Å². The zero-order chi connectivity index (χ0) is 24.9. The molecule has 1 unspecified atom stereocenters. The smallest absolute Gasteiger partial charge is 0.323 e. The highest BCUT2D eigenvalue weighted by Gasteiger charge is 2.50. The van der Waals surface area contributed by atoms with Gasteiger partial charge in [-0.3, -0.25) is 4.79 Å². The van der Waals surface area contributed by atoms with Gasteiger partial charge >= 0.3 is 5.97 Å². The molecule has 1 aliphatic rings. The maximum Gasteiger partial charge on any atom is 0.323 e. The van der Waals surface area contributed by atoms with Gasteiger partial charge in [0.05, 0.1) is 13.2 Å². The van der Waals surface area contributed by atoms with Crippen molar-refractivity contribution in [2.24, 2.45) is 5.92 Å². The van der Waals surface area contributed by atoms with E-state index in [1.165, 1.54) is 64.2 Å². The Morgan fingerprint density at radius 2 is 1.29 bits per heavy atom. The van der Waals surface area contributed by atoms with Crippen molar-refractivity contribution in [3.8, 4) is 11.1 Å². The lowest BCUT2D eigenvalue weighted by Crippen LogP contribution is -2.41. The van der Waals surface area contributed by atoms with Crippen LogP contribution in [-0.2, 0) is 19.7 Å². The first-order valence-electron chi connectivity index (χ1n) is 14.0. The van der Waals surface area contributed by atoms with Crippen LogP contribution in [0.3, 0.4) is 0 Å². The van der Waals surface area contributed by atoms with Gasteiger partial charge in [-0.25, -0.2) is 0 Å². The molecule has 1 atom stereocenters. The number of unbranched alkanes of at least 4 members (excludes halogenated alkanes) is 9. The Morgan fingerprint density at radius 3 is 1.80 bits per heavy atom. The van der Waals surface area contributed by atoms with Crippen molar-refractivity contribution in [1.82, 2.24) is 0 Å². The number of ether oxygens (including phenoxy) is 2. The van der Waals surface area contributed by atoms with Crippen LogP contribution in [0.25, 0.3) is 11.1 Å². The fourth-order valence-corrected chi connectivity index (χ4v) is 5.62. The van der Waals surface area contributed by atoms with Crippen LogP contribution in [0.5, 0.6) is 0 Å². The fraction of sp³-hybridized carbons (Fsp3) is 0.594. The van der Waals surface area contributed by atoms with E-state index in [1.54, 1.807) is 7.11 Å². The molecule has 0 N–H and O–H groups in total. The largest absolute Gasteiger partial charge is 0.464 e. The highest BCUT2D eigenvalue weighted by atomic mass is 16.5. The molecule has 0 heterocycles. The minimum Gasteiger partial charge on any atom is -0.464 e. The summed E-state index contributed by atoms with van der Waals surface area (Å²) in [6, 6.07) is 16.4. The van der Waals surface area contributed by atoms with E-state index < -0.39 is 5.41 Å². The number of hydrogen-bond acceptors (Lipinski definition) is 3. The summed E-state index contributed by atoms with van der Waals surface area (Å²) in [6.07, 6.45) is 15.6. The number of methoxy groups -OCH3 is 1. The first-order valence-corrected chi connectivity index (χ1v) is 14.0. The molecule has 2 aromatic carbocycles. The summed E-state index contributed by atoms with van der Waals surface area (Å²) in [5, 5.41) is 0. The number of benzene rings is 2. The number of carbonyl (C=O) groups excluding carboxylic acids is 1. The van der Waals surface area contributed by atoms with E-state index in [4.69, 9.17) is 9.47 Å². The molecular formula is C32H46O3. The minimum atomic E-state index is -0.892. The number of esters is 1. The molecule has 0 spiro atoms. The second kappa shape index (κ2) is 14.4. The van der Waals surface area contributed by atoms with Gasteiger partial charge in [0.15, 0.2) is 0 Å². The lowest BCUT2D eigenvalue weighted by Gasteiger charge is -2.29. The van der Waals surface area contributed by atoms with Gasteiger partial charge in [0.1, 0.15) is 5.41 Å². The van der Waals surface area contributed by atoms with Crippen LogP contribution in [0.1, 0.15) is 102 Å². The molecule has 0 radical (unpaired) electrons. The van der Waals surface area contributed by atoms with Gasteiger partial charge in [0.2, 0.25) is 0 Å². The molecule has 192 valence electrons. The summed E-state index contributed by atoms with van der Waals surface area (Å²) >= 11 is 0. The molecule has 3 rings (SSSR count). The highest BCUT2D eigenvalue weighted by molar-refractivity contribution is 5.98. The van der Waals surface area contributed by atoms with Crippen molar-refractivity contribution in [1.29, 1.82) is 0 Å². The van der Waals surface area contributed by atoms with Crippen molar-refractivity contribution in [2.75, 3.05) is 20.3 Å². The van der Waals surface area contributed by atoms with Gasteiger partial charge in [-0.05, 0) is 34.6 Å². The summed E-state index contributed by atoms with van der Waals surface area (Å²) in [5.41, 5.74) is 3.31. The Bertz CT molecular complexity index is 858. The second-order valence-corrected chi connectivity index (χ2v) is 10.3. The zero-order valence-corrected chi connectivity index (χ0v) is 22.3. The molecule has 3 nitrogen and oxygen atoms in total. The molecule has 3 heteroatoms. The van der Waals surface area contributed by atoms with Crippen LogP contribution >= 0.6 is 0 Å². The number of fused-ring (bicyclic) bond motifs is 3. The molecule has 1 aliphatic carbocycles. The van der Waals surface area contributed by atoms with E-state index in [1.807, 2.05) is 24.3 Å². The summed E-state index contributed by atoms with van der Waals surface area (Å²) in [4.78, 5) is 13.7. The zero-order valence-electron chi connectivity index (χ0n) is 22.3. The van der Waals surface area contributed by atoms with Crippen molar-refractivity contribution in [2.45, 2.75) is 96.3 Å². The Labute approximate surface area is 213 Å². The van der Waals surface area contributed by atoms with Gasteiger partial charge in [-0.2, -0.15) is 0 Å². The van der Waals surface area contributed by atoms with Crippen LogP contribution in [0.15, 0.2) is 48.5 Å². The normalized spacial score (nSPS) is 14.4. The Balaban J connectivity index is 1.52. The van der Waals surface area contributed by atoms with Crippen molar-refractivity contribution in [3.05, 3.63) is 59.7 Å². The van der Waals surface area contributed by atoms with Gasteiger partial charge in [0, 0.05) is 7.11 Å². The lowest BCUT2D eigenvalue weighted by molar-refractivity contribution is -0.152. The Morgan fingerprint density at radius 1 is 0.771 bits per heavy atom. The first kappa shape index (κ1) is 27.5. The number of carbonyl (C=O) groups is 1. The van der Waals surface area contributed by atoms with E-state index in [0.717, 1.165) is 35.1 Å². The van der Waals surface area contributed by atoms with Crippen molar-refractivity contribution in [3.63, 3.8) is 0 Å². The SMILES string of the molecule is CCCCCCCCCCCCC(CC)COC(=O)C1(COC)c2ccccc2-c2ccccc21. The Hall–Kier alpha value is -2.13. The lowest BCUT2D eigenvalue weighted by atomic mass is 9.79. The van der Waals surface area contributed by atoms with E-state index in [9.17, 15) is 4.79 Å². The topological polar surface area (TPSA) is 35.5 Å². The van der Waals surface area contributed by atoms with Crippen LogP contribution in [0, 0.1) is 5.92 Å². The molecule has 0 aliphatic heterocycles. The summed E-state index contributed by atoms with van der Waals surface area (Å²) in [7, 11) is 1.67. The molecule has 0 saturated heterocycles. The van der Waals surface area contributed by atoms with Gasteiger partial charge in [-0.1, -0.05) is 133 Å². The Kier molecular flexibility index (Phi) is 11.3. The van der Waals surface area contributed by atoms with Gasteiger partial charge in [0.25, 0.3) is 0 Å². The molecule has 35 heavy (non-hydrogen) atoms. The summed E-state index contributed by atoms with van der Waals surface area (Å²) in [6.45, 7) is 5.26. The maximum atomic E-state index is 13.7. The summed E-state index contributed by atoms with van der Waals surface area (Å²) < 4.78 is 11.7. The molecule has 0 fully saturated rings. The van der Waals surface area contributed by atoms with E-state index >= 15 is 0 Å². The van der Waals surface area contributed by atoms with Gasteiger partial charge in [-0.15, -0.1) is 0 Å². The maximum absolute atomic E-state index is 13.7. The number of rotatable bonds is 17. The molecular weight excluding hydrogens is 432 g/mol. The van der Waals surface area contributed by atoms with E-state index in [-0.39, 0.29) is 12.6 Å². The van der Waals surface area contributed by atoms with Crippen molar-refractivity contribution >= 4 is 5.97 Å². The summed E-state index contributed by atoms with van der Waals surface area (Å²) in [5.74, 6) is 0.234. The molecule has 2 aromatic rings. The minimum absolute atomic E-state index is 0.182. The predicted octanol–water partition coefficient (Wildman–Crippen LogP) is 8.48. The third-order valence-electron chi connectivity index (χ3n) is 7.77. The third kappa shape index (κ3) is 6.76. The van der Waals surface area contributed by atoms with Crippen LogP contribution in [-0.4, -0.2) is 26.3 Å². The molecule has 0 amide bonds. The first-order chi connectivity index (χ1) is 17.2. The quantitative estimate of drug-likeness (QED) is 0.169. The van der Waals surface area contributed by atoms with Crippen molar-refractivity contribution < 1.29 is 14.3 Å².